The number of hydrogen-bond acceptors (Lipinski definition) is 6. The standard InChI is InChI=1S/C15H28O6.C3H8/c1-6-14(16)17-8-13(9-18-14)10-19-15(7-2,20-11-13)21-12(3,4)5;1-3-2/h16H,6-11H2,1-5H3;3H2,1-2H3. The number of hydrogen-bond donors (Lipinski definition) is 1. The van der Waals surface area contributed by atoms with E-state index in [0.29, 0.717) is 39.3 Å². The lowest BCUT2D eigenvalue weighted by atomic mass is 9.90. The fraction of sp³-hybridized carbons (Fsp3) is 1.00. The van der Waals surface area contributed by atoms with Crippen molar-refractivity contribution in [3.05, 3.63) is 0 Å². The van der Waals surface area contributed by atoms with Gasteiger partial charge in [-0.2, -0.15) is 0 Å². The highest BCUT2D eigenvalue weighted by atomic mass is 16.9. The van der Waals surface area contributed by atoms with Crippen LogP contribution in [0.15, 0.2) is 0 Å². The highest BCUT2D eigenvalue weighted by Crippen LogP contribution is 2.39. The molecule has 0 radical (unpaired) electrons. The largest absolute Gasteiger partial charge is 0.343 e. The Hall–Kier alpha value is -0.240. The number of rotatable bonds is 3. The minimum Gasteiger partial charge on any atom is -0.343 e. The van der Waals surface area contributed by atoms with Crippen LogP contribution in [0.3, 0.4) is 0 Å². The Morgan fingerprint density at radius 2 is 1.25 bits per heavy atom. The maximum absolute atomic E-state index is 9.94. The third-order valence-corrected chi connectivity index (χ3v) is 3.75. The molecule has 2 saturated heterocycles. The van der Waals surface area contributed by atoms with Gasteiger partial charge in [0.25, 0.3) is 11.9 Å². The highest BCUT2D eigenvalue weighted by molar-refractivity contribution is 4.87. The molecule has 1 spiro atoms. The fourth-order valence-corrected chi connectivity index (χ4v) is 2.40. The van der Waals surface area contributed by atoms with E-state index >= 15 is 0 Å². The lowest BCUT2D eigenvalue weighted by Gasteiger charge is -2.50. The summed E-state index contributed by atoms with van der Waals surface area (Å²) >= 11 is 0. The van der Waals surface area contributed by atoms with Gasteiger partial charge in [0.15, 0.2) is 0 Å². The van der Waals surface area contributed by atoms with Gasteiger partial charge < -0.3 is 28.8 Å². The molecule has 6 heteroatoms. The Bertz CT molecular complexity index is 358. The van der Waals surface area contributed by atoms with E-state index in [2.05, 4.69) is 13.8 Å². The average Bonchev–Trinajstić information content (AvgIpc) is 2.53. The fourth-order valence-electron chi connectivity index (χ4n) is 2.40. The third-order valence-electron chi connectivity index (χ3n) is 3.75. The summed E-state index contributed by atoms with van der Waals surface area (Å²) in [6, 6.07) is 0. The first-order chi connectivity index (χ1) is 11.1. The van der Waals surface area contributed by atoms with Crippen LogP contribution in [0.25, 0.3) is 0 Å². The molecule has 0 bridgehead atoms. The Morgan fingerprint density at radius 3 is 1.58 bits per heavy atom. The molecule has 2 rings (SSSR count). The predicted molar refractivity (Wildman–Crippen MR) is 91.3 cm³/mol. The summed E-state index contributed by atoms with van der Waals surface area (Å²) in [5, 5.41) is 9.94. The van der Waals surface area contributed by atoms with Gasteiger partial charge in [-0.3, -0.25) is 0 Å². The first-order valence-electron chi connectivity index (χ1n) is 9.05. The molecule has 2 heterocycles. The summed E-state index contributed by atoms with van der Waals surface area (Å²) in [7, 11) is 0. The topological polar surface area (TPSA) is 66.4 Å². The van der Waals surface area contributed by atoms with E-state index in [4.69, 9.17) is 23.7 Å². The van der Waals surface area contributed by atoms with Crippen LogP contribution in [-0.2, 0) is 23.7 Å². The maximum atomic E-state index is 9.94. The molecule has 144 valence electrons. The Labute approximate surface area is 146 Å². The van der Waals surface area contributed by atoms with Gasteiger partial charge in [0.05, 0.1) is 37.4 Å². The summed E-state index contributed by atoms with van der Waals surface area (Å²) < 4.78 is 28.6. The van der Waals surface area contributed by atoms with Gasteiger partial charge in [-0.1, -0.05) is 34.1 Å². The van der Waals surface area contributed by atoms with Crippen molar-refractivity contribution in [2.75, 3.05) is 26.4 Å². The zero-order valence-electron chi connectivity index (χ0n) is 16.4. The van der Waals surface area contributed by atoms with Crippen molar-refractivity contribution in [3.63, 3.8) is 0 Å². The van der Waals surface area contributed by atoms with Gasteiger partial charge in [-0.25, -0.2) is 0 Å². The summed E-state index contributed by atoms with van der Waals surface area (Å²) in [6.45, 7) is 15.4. The van der Waals surface area contributed by atoms with E-state index < -0.39 is 11.9 Å². The third kappa shape index (κ3) is 5.93. The first-order valence-corrected chi connectivity index (χ1v) is 9.05. The molecule has 0 atom stereocenters. The average molecular weight is 348 g/mol. The van der Waals surface area contributed by atoms with E-state index in [1.54, 1.807) is 0 Å². The molecule has 24 heavy (non-hydrogen) atoms. The van der Waals surface area contributed by atoms with Crippen LogP contribution in [0.5, 0.6) is 0 Å². The molecule has 0 aromatic rings. The Morgan fingerprint density at radius 1 is 0.833 bits per heavy atom. The van der Waals surface area contributed by atoms with Gasteiger partial charge in [0, 0.05) is 12.8 Å². The molecular weight excluding hydrogens is 312 g/mol. The molecule has 0 aromatic carbocycles. The molecule has 6 nitrogen and oxygen atoms in total. The molecule has 0 saturated carbocycles. The highest BCUT2D eigenvalue weighted by Gasteiger charge is 2.51. The van der Waals surface area contributed by atoms with Crippen LogP contribution < -0.4 is 0 Å². The normalized spacial score (nSPS) is 37.0. The minimum absolute atomic E-state index is 0.340. The van der Waals surface area contributed by atoms with Gasteiger partial charge in [-0.15, -0.1) is 0 Å². The van der Waals surface area contributed by atoms with Crippen LogP contribution in [0.2, 0.25) is 0 Å². The second kappa shape index (κ2) is 8.43. The van der Waals surface area contributed by atoms with E-state index in [1.807, 2.05) is 34.6 Å². The van der Waals surface area contributed by atoms with Gasteiger partial charge in [0.2, 0.25) is 0 Å². The molecule has 1 N–H and O–H groups in total. The van der Waals surface area contributed by atoms with Crippen molar-refractivity contribution in [1.82, 2.24) is 0 Å². The summed E-state index contributed by atoms with van der Waals surface area (Å²) in [5.74, 6) is -2.49. The molecule has 2 fully saturated rings. The van der Waals surface area contributed by atoms with E-state index in [0.717, 1.165) is 0 Å². The van der Waals surface area contributed by atoms with Crippen LogP contribution in [-0.4, -0.2) is 49.1 Å². The molecule has 0 aliphatic carbocycles. The van der Waals surface area contributed by atoms with Gasteiger partial charge >= 0.3 is 0 Å². The SMILES string of the molecule is CCC.CCC1(O)OCC2(CO1)COC(CC)(OC(C)(C)C)OC2. The van der Waals surface area contributed by atoms with Gasteiger partial charge in [-0.05, 0) is 20.8 Å². The van der Waals surface area contributed by atoms with E-state index in [1.165, 1.54) is 6.42 Å². The van der Waals surface area contributed by atoms with Crippen LogP contribution in [0.4, 0.5) is 0 Å². The maximum Gasteiger partial charge on any atom is 0.283 e. The first kappa shape index (κ1) is 21.8. The molecule has 0 amide bonds. The monoisotopic (exact) mass is 348 g/mol. The smallest absolute Gasteiger partial charge is 0.283 e. The minimum atomic E-state index is -1.48. The van der Waals surface area contributed by atoms with Crippen molar-refractivity contribution in [1.29, 1.82) is 0 Å². The molecule has 2 aliphatic rings. The Kier molecular flexibility index (Phi) is 7.66. The molecule has 0 unspecified atom stereocenters. The summed E-state index contributed by atoms with van der Waals surface area (Å²) in [5.41, 5.74) is -0.746. The second-order valence-corrected chi connectivity index (χ2v) is 7.68. The van der Waals surface area contributed by atoms with Crippen LogP contribution >= 0.6 is 0 Å². The summed E-state index contributed by atoms with van der Waals surface area (Å²) in [4.78, 5) is 0. The van der Waals surface area contributed by atoms with E-state index in [9.17, 15) is 5.11 Å². The predicted octanol–water partition coefficient (Wildman–Crippen LogP) is 3.42. The van der Waals surface area contributed by atoms with Crippen LogP contribution in [0, 0.1) is 5.41 Å². The second-order valence-electron chi connectivity index (χ2n) is 7.68. The van der Waals surface area contributed by atoms with Crippen molar-refractivity contribution < 1.29 is 28.8 Å². The van der Waals surface area contributed by atoms with Gasteiger partial charge in [0.1, 0.15) is 0 Å². The van der Waals surface area contributed by atoms with Crippen molar-refractivity contribution in [2.45, 2.75) is 85.3 Å². The van der Waals surface area contributed by atoms with Crippen molar-refractivity contribution >= 4 is 0 Å². The summed E-state index contributed by atoms with van der Waals surface area (Å²) in [6.07, 6.45) is 2.23. The quantitative estimate of drug-likeness (QED) is 0.843. The molecule has 0 aromatic heterocycles. The molecular formula is C18H36O6. The lowest BCUT2D eigenvalue weighted by Crippen LogP contribution is -2.60. The van der Waals surface area contributed by atoms with E-state index in [-0.39, 0.29) is 11.0 Å². The molecule has 2 aliphatic heterocycles. The Balaban J connectivity index is 0.000000891. The lowest BCUT2D eigenvalue weighted by molar-refractivity contribution is -0.469. The van der Waals surface area contributed by atoms with Crippen molar-refractivity contribution in [2.24, 2.45) is 5.41 Å². The van der Waals surface area contributed by atoms with Crippen LogP contribution in [0.1, 0.15) is 67.7 Å². The number of ether oxygens (including phenoxy) is 5. The zero-order chi connectivity index (χ0) is 18.5. The van der Waals surface area contributed by atoms with Crippen molar-refractivity contribution in [3.8, 4) is 0 Å². The number of aliphatic hydroxyl groups is 1. The zero-order valence-corrected chi connectivity index (χ0v) is 16.4.